The van der Waals surface area contributed by atoms with Crippen molar-refractivity contribution in [1.29, 1.82) is 0 Å². The Morgan fingerprint density at radius 1 is 1.47 bits per heavy atom. The lowest BCUT2D eigenvalue weighted by Gasteiger charge is -2.16. The van der Waals surface area contributed by atoms with Crippen LogP contribution in [0.15, 0.2) is 6.07 Å². The highest BCUT2D eigenvalue weighted by Crippen LogP contribution is 2.21. The molecule has 1 aromatic rings. The minimum absolute atomic E-state index is 0.409. The van der Waals surface area contributed by atoms with Crippen LogP contribution >= 0.6 is 0 Å². The molecule has 1 heterocycles. The van der Waals surface area contributed by atoms with Crippen molar-refractivity contribution >= 4 is 0 Å². The maximum absolute atomic E-state index is 12.1. The van der Waals surface area contributed by atoms with Crippen molar-refractivity contribution in [1.82, 2.24) is 15.1 Å². The molecule has 0 spiro atoms. The first-order valence-electron chi connectivity index (χ1n) is 5.65. The average molecular weight is 249 g/mol. The van der Waals surface area contributed by atoms with Crippen LogP contribution < -0.4 is 5.32 Å². The molecule has 0 aliphatic carbocycles. The van der Waals surface area contributed by atoms with E-state index in [-0.39, 0.29) is 0 Å². The summed E-state index contributed by atoms with van der Waals surface area (Å²) in [6.45, 7) is 6.49. The van der Waals surface area contributed by atoms with Crippen LogP contribution in [-0.4, -0.2) is 22.0 Å². The third-order valence-corrected chi connectivity index (χ3v) is 2.45. The van der Waals surface area contributed by atoms with Gasteiger partial charge in [-0.2, -0.15) is 18.3 Å². The number of hydrogen-bond donors (Lipinski definition) is 1. The molecule has 0 fully saturated rings. The maximum atomic E-state index is 12.1. The molecular weight excluding hydrogens is 231 g/mol. The fourth-order valence-electron chi connectivity index (χ4n) is 1.71. The zero-order valence-corrected chi connectivity index (χ0v) is 10.3. The second-order valence-corrected chi connectivity index (χ2v) is 4.19. The lowest BCUT2D eigenvalue weighted by atomic mass is 10.2. The Morgan fingerprint density at radius 3 is 2.65 bits per heavy atom. The molecule has 1 rings (SSSR count). The van der Waals surface area contributed by atoms with Gasteiger partial charge in [-0.05, 0) is 26.8 Å². The van der Waals surface area contributed by atoms with E-state index in [1.807, 2.05) is 19.9 Å². The molecule has 6 heteroatoms. The number of rotatable bonds is 5. The molecule has 0 amide bonds. The molecule has 0 aliphatic heterocycles. The molecule has 0 bridgehead atoms. The number of alkyl halides is 3. The lowest BCUT2D eigenvalue weighted by molar-refractivity contribution is -0.139. The minimum atomic E-state index is -4.12. The first-order valence-corrected chi connectivity index (χ1v) is 5.65. The van der Waals surface area contributed by atoms with Gasteiger partial charge >= 0.3 is 6.18 Å². The number of hydrogen-bond acceptors (Lipinski definition) is 2. The van der Waals surface area contributed by atoms with Crippen LogP contribution in [0.2, 0.25) is 0 Å². The normalized spacial score (nSPS) is 14.0. The standard InChI is InChI=1S/C11H18F3N3/c1-4-17-10(5-8(2)16-17)7-15-9(3)6-11(12,13)14/h5,9,15H,4,6-7H2,1-3H3. The van der Waals surface area contributed by atoms with Crippen molar-refractivity contribution in [3.63, 3.8) is 0 Å². The largest absolute Gasteiger partial charge is 0.390 e. The second kappa shape index (κ2) is 5.53. The van der Waals surface area contributed by atoms with Crippen LogP contribution in [0.25, 0.3) is 0 Å². The summed E-state index contributed by atoms with van der Waals surface area (Å²) >= 11 is 0. The Morgan fingerprint density at radius 2 is 2.12 bits per heavy atom. The molecule has 0 radical (unpaired) electrons. The smallest absolute Gasteiger partial charge is 0.308 e. The second-order valence-electron chi connectivity index (χ2n) is 4.19. The van der Waals surface area contributed by atoms with E-state index in [2.05, 4.69) is 10.4 Å². The predicted molar refractivity (Wildman–Crippen MR) is 59.6 cm³/mol. The van der Waals surface area contributed by atoms with E-state index in [1.54, 1.807) is 4.68 Å². The molecule has 0 saturated heterocycles. The fourth-order valence-corrected chi connectivity index (χ4v) is 1.71. The summed E-state index contributed by atoms with van der Waals surface area (Å²) in [7, 11) is 0. The molecule has 17 heavy (non-hydrogen) atoms. The van der Waals surface area contributed by atoms with E-state index >= 15 is 0 Å². The van der Waals surface area contributed by atoms with Crippen molar-refractivity contribution in [2.24, 2.45) is 0 Å². The van der Waals surface area contributed by atoms with Crippen molar-refractivity contribution in [3.05, 3.63) is 17.5 Å². The molecular formula is C11H18F3N3. The zero-order valence-electron chi connectivity index (χ0n) is 10.3. The van der Waals surface area contributed by atoms with Crippen LogP contribution in [0.3, 0.4) is 0 Å². The van der Waals surface area contributed by atoms with Gasteiger partial charge in [0.1, 0.15) is 0 Å². The summed E-state index contributed by atoms with van der Waals surface area (Å²) in [6.07, 6.45) is -4.93. The summed E-state index contributed by atoms with van der Waals surface area (Å²) < 4.78 is 38.2. The van der Waals surface area contributed by atoms with Gasteiger partial charge in [-0.1, -0.05) is 0 Å². The van der Waals surface area contributed by atoms with Crippen molar-refractivity contribution in [2.75, 3.05) is 0 Å². The predicted octanol–water partition coefficient (Wildman–Crippen LogP) is 2.64. The Labute approximate surface area is 99.0 Å². The fraction of sp³-hybridized carbons (Fsp3) is 0.727. The maximum Gasteiger partial charge on any atom is 0.390 e. The van der Waals surface area contributed by atoms with Crippen LogP contribution in [0.5, 0.6) is 0 Å². The SMILES string of the molecule is CCn1nc(C)cc1CNC(C)CC(F)(F)F. The van der Waals surface area contributed by atoms with Crippen LogP contribution in [0.1, 0.15) is 31.7 Å². The monoisotopic (exact) mass is 249 g/mol. The highest BCUT2D eigenvalue weighted by molar-refractivity contribution is 5.08. The van der Waals surface area contributed by atoms with E-state index < -0.39 is 18.6 Å². The first kappa shape index (κ1) is 14.0. The number of nitrogens with one attached hydrogen (secondary N) is 1. The van der Waals surface area contributed by atoms with Gasteiger partial charge in [-0.3, -0.25) is 4.68 Å². The number of nitrogens with zero attached hydrogens (tertiary/aromatic N) is 2. The topological polar surface area (TPSA) is 29.9 Å². The third kappa shape index (κ3) is 4.77. The van der Waals surface area contributed by atoms with Gasteiger partial charge < -0.3 is 5.32 Å². The van der Waals surface area contributed by atoms with E-state index in [0.717, 1.165) is 17.9 Å². The minimum Gasteiger partial charge on any atom is -0.308 e. The highest BCUT2D eigenvalue weighted by atomic mass is 19.4. The van der Waals surface area contributed by atoms with Crippen LogP contribution in [-0.2, 0) is 13.1 Å². The Hall–Kier alpha value is -1.04. The number of aromatic nitrogens is 2. The van der Waals surface area contributed by atoms with E-state index in [0.29, 0.717) is 6.54 Å². The first-order chi connectivity index (χ1) is 7.81. The van der Waals surface area contributed by atoms with E-state index in [4.69, 9.17) is 0 Å². The quantitative estimate of drug-likeness (QED) is 0.869. The molecule has 1 N–H and O–H groups in total. The number of aryl methyl sites for hydroxylation is 2. The van der Waals surface area contributed by atoms with Gasteiger partial charge in [0.05, 0.1) is 17.8 Å². The lowest BCUT2D eigenvalue weighted by Crippen LogP contribution is -2.31. The summed E-state index contributed by atoms with van der Waals surface area (Å²) in [5.41, 5.74) is 1.80. The highest BCUT2D eigenvalue weighted by Gasteiger charge is 2.29. The van der Waals surface area contributed by atoms with Gasteiger partial charge in [0.15, 0.2) is 0 Å². The number of halogens is 3. The molecule has 0 aliphatic rings. The van der Waals surface area contributed by atoms with E-state index in [1.165, 1.54) is 6.92 Å². The summed E-state index contributed by atoms with van der Waals surface area (Å²) in [5.74, 6) is 0. The molecule has 1 aromatic heterocycles. The zero-order chi connectivity index (χ0) is 13.1. The molecule has 0 saturated carbocycles. The van der Waals surface area contributed by atoms with Crippen molar-refractivity contribution < 1.29 is 13.2 Å². The Bertz CT molecular complexity index is 357. The van der Waals surface area contributed by atoms with Gasteiger partial charge in [0, 0.05) is 19.1 Å². The van der Waals surface area contributed by atoms with E-state index in [9.17, 15) is 13.2 Å². The summed E-state index contributed by atoms with van der Waals surface area (Å²) in [4.78, 5) is 0. The van der Waals surface area contributed by atoms with Gasteiger partial charge in [-0.25, -0.2) is 0 Å². The summed E-state index contributed by atoms with van der Waals surface area (Å²) in [5, 5.41) is 7.10. The van der Waals surface area contributed by atoms with Gasteiger partial charge in [0.25, 0.3) is 0 Å². The summed E-state index contributed by atoms with van der Waals surface area (Å²) in [6, 6.07) is 1.30. The van der Waals surface area contributed by atoms with Crippen LogP contribution in [0, 0.1) is 6.92 Å². The molecule has 1 atom stereocenters. The van der Waals surface area contributed by atoms with Gasteiger partial charge in [-0.15, -0.1) is 0 Å². The average Bonchev–Trinajstić information content (AvgIpc) is 2.53. The molecule has 3 nitrogen and oxygen atoms in total. The molecule has 98 valence electrons. The van der Waals surface area contributed by atoms with Crippen molar-refractivity contribution in [3.8, 4) is 0 Å². The van der Waals surface area contributed by atoms with Gasteiger partial charge in [0.2, 0.25) is 0 Å². The molecule has 1 unspecified atom stereocenters. The third-order valence-electron chi connectivity index (χ3n) is 2.45. The molecule has 0 aromatic carbocycles. The van der Waals surface area contributed by atoms with Crippen LogP contribution in [0.4, 0.5) is 13.2 Å². The van der Waals surface area contributed by atoms with Crippen molar-refractivity contribution in [2.45, 2.75) is 52.5 Å². The Balaban J connectivity index is 2.49. The Kier molecular flexibility index (Phi) is 4.56.